The second-order valence-corrected chi connectivity index (χ2v) is 4.12. The van der Waals surface area contributed by atoms with Crippen molar-refractivity contribution in [3.63, 3.8) is 0 Å². The fourth-order valence-corrected chi connectivity index (χ4v) is 1.59. The quantitative estimate of drug-likeness (QED) is 0.765. The third kappa shape index (κ3) is 3.95. The molecule has 0 spiro atoms. The van der Waals surface area contributed by atoms with Crippen LogP contribution in [-0.2, 0) is 0 Å². The van der Waals surface area contributed by atoms with Crippen LogP contribution in [0.1, 0.15) is 11.1 Å². The normalized spacial score (nSPS) is 11.2. The van der Waals surface area contributed by atoms with Gasteiger partial charge in [-0.2, -0.15) is 0 Å². The molecular formula is C17H17N. The van der Waals surface area contributed by atoms with Crippen LogP contribution in [0.3, 0.4) is 0 Å². The predicted molar refractivity (Wildman–Crippen MR) is 78.7 cm³/mol. The summed E-state index contributed by atoms with van der Waals surface area (Å²) in [5.74, 6) is 0. The van der Waals surface area contributed by atoms with E-state index in [4.69, 9.17) is 0 Å². The molecule has 0 aliphatic carbocycles. The Morgan fingerprint density at radius 3 is 1.44 bits per heavy atom. The molecule has 18 heavy (non-hydrogen) atoms. The molecule has 90 valence electrons. The standard InChI is InChI=1S/C17H17N/c1-18(14-12-16-8-4-2-5-9-16)15-13-17-10-6-3-7-11-17/h2-15H,1H3/b14-12+,15-13+. The average Bonchev–Trinajstić information content (AvgIpc) is 2.45. The molecule has 0 aliphatic rings. The minimum atomic E-state index is 1.21. The fraction of sp³-hybridized carbons (Fsp3) is 0.0588. The first-order chi connectivity index (χ1) is 8.84. The smallest absolute Gasteiger partial charge is 0.0106 e. The van der Waals surface area contributed by atoms with Crippen LogP contribution in [-0.4, -0.2) is 11.9 Å². The summed E-state index contributed by atoms with van der Waals surface area (Å²) in [6.07, 6.45) is 8.29. The monoisotopic (exact) mass is 235 g/mol. The highest BCUT2D eigenvalue weighted by Gasteiger charge is 1.86. The summed E-state index contributed by atoms with van der Waals surface area (Å²) in [5.41, 5.74) is 2.41. The van der Waals surface area contributed by atoms with Gasteiger partial charge in [0.25, 0.3) is 0 Å². The van der Waals surface area contributed by atoms with Crippen LogP contribution in [0.15, 0.2) is 73.1 Å². The maximum atomic E-state index is 2.09. The Morgan fingerprint density at radius 1 is 0.667 bits per heavy atom. The van der Waals surface area contributed by atoms with E-state index >= 15 is 0 Å². The van der Waals surface area contributed by atoms with Crippen molar-refractivity contribution in [2.45, 2.75) is 0 Å². The van der Waals surface area contributed by atoms with E-state index in [2.05, 4.69) is 48.8 Å². The molecule has 2 aromatic rings. The second-order valence-electron chi connectivity index (χ2n) is 4.12. The van der Waals surface area contributed by atoms with Gasteiger partial charge in [-0.05, 0) is 23.3 Å². The lowest BCUT2D eigenvalue weighted by Crippen LogP contribution is -1.98. The highest BCUT2D eigenvalue weighted by Crippen LogP contribution is 2.04. The van der Waals surface area contributed by atoms with Gasteiger partial charge in [0.1, 0.15) is 0 Å². The van der Waals surface area contributed by atoms with Crippen LogP contribution in [0.5, 0.6) is 0 Å². The minimum absolute atomic E-state index is 1.21. The molecule has 1 nitrogen and oxygen atoms in total. The number of nitrogens with zero attached hydrogens (tertiary/aromatic N) is 1. The van der Waals surface area contributed by atoms with Crippen molar-refractivity contribution in [2.24, 2.45) is 0 Å². The van der Waals surface area contributed by atoms with Gasteiger partial charge in [0.2, 0.25) is 0 Å². The van der Waals surface area contributed by atoms with Gasteiger partial charge in [-0.1, -0.05) is 60.7 Å². The van der Waals surface area contributed by atoms with E-state index < -0.39 is 0 Å². The maximum Gasteiger partial charge on any atom is 0.0106 e. The van der Waals surface area contributed by atoms with Crippen molar-refractivity contribution < 1.29 is 0 Å². The van der Waals surface area contributed by atoms with Gasteiger partial charge in [0.15, 0.2) is 0 Å². The Hall–Kier alpha value is -2.28. The molecule has 0 N–H and O–H groups in total. The summed E-state index contributed by atoms with van der Waals surface area (Å²) in [6.45, 7) is 0. The number of benzene rings is 2. The first-order valence-corrected chi connectivity index (χ1v) is 6.03. The molecule has 0 atom stereocenters. The van der Waals surface area contributed by atoms with E-state index in [0.717, 1.165) is 0 Å². The van der Waals surface area contributed by atoms with Gasteiger partial charge in [0.05, 0.1) is 0 Å². The topological polar surface area (TPSA) is 3.24 Å². The lowest BCUT2D eigenvalue weighted by atomic mass is 10.2. The van der Waals surface area contributed by atoms with Gasteiger partial charge in [-0.3, -0.25) is 0 Å². The Bertz CT molecular complexity index is 462. The van der Waals surface area contributed by atoms with E-state index in [-0.39, 0.29) is 0 Å². The minimum Gasteiger partial charge on any atom is -0.357 e. The van der Waals surface area contributed by atoms with Crippen LogP contribution < -0.4 is 0 Å². The lowest BCUT2D eigenvalue weighted by Gasteiger charge is -2.06. The second kappa shape index (κ2) is 6.45. The van der Waals surface area contributed by atoms with Crippen LogP contribution >= 0.6 is 0 Å². The van der Waals surface area contributed by atoms with Gasteiger partial charge in [-0.15, -0.1) is 0 Å². The van der Waals surface area contributed by atoms with E-state index in [1.807, 2.05) is 48.3 Å². The summed E-state index contributed by atoms with van der Waals surface area (Å²) in [5, 5.41) is 0. The van der Waals surface area contributed by atoms with Crippen LogP contribution in [0.4, 0.5) is 0 Å². The zero-order valence-corrected chi connectivity index (χ0v) is 10.5. The molecule has 0 aromatic heterocycles. The van der Waals surface area contributed by atoms with Gasteiger partial charge in [0, 0.05) is 19.4 Å². The van der Waals surface area contributed by atoms with Crippen LogP contribution in [0.25, 0.3) is 12.2 Å². The van der Waals surface area contributed by atoms with Crippen LogP contribution in [0, 0.1) is 0 Å². The zero-order valence-electron chi connectivity index (χ0n) is 10.5. The number of rotatable bonds is 4. The molecule has 0 fully saturated rings. The summed E-state index contributed by atoms with van der Waals surface area (Å²) in [7, 11) is 2.03. The first-order valence-electron chi connectivity index (χ1n) is 6.03. The molecule has 0 unspecified atom stereocenters. The molecule has 2 aromatic carbocycles. The van der Waals surface area contributed by atoms with E-state index in [1.54, 1.807) is 0 Å². The molecule has 0 saturated heterocycles. The Kier molecular flexibility index (Phi) is 4.37. The van der Waals surface area contributed by atoms with Gasteiger partial charge in [-0.25, -0.2) is 0 Å². The van der Waals surface area contributed by atoms with Crippen molar-refractivity contribution >= 4 is 12.2 Å². The predicted octanol–water partition coefficient (Wildman–Crippen LogP) is 4.26. The van der Waals surface area contributed by atoms with Crippen molar-refractivity contribution in [1.29, 1.82) is 0 Å². The summed E-state index contributed by atoms with van der Waals surface area (Å²) in [4.78, 5) is 2.04. The zero-order chi connectivity index (χ0) is 12.6. The highest BCUT2D eigenvalue weighted by molar-refractivity contribution is 5.51. The third-order valence-electron chi connectivity index (χ3n) is 2.60. The largest absolute Gasteiger partial charge is 0.357 e. The lowest BCUT2D eigenvalue weighted by molar-refractivity contribution is 0.634. The van der Waals surface area contributed by atoms with Crippen molar-refractivity contribution in [2.75, 3.05) is 7.05 Å². The molecule has 0 radical (unpaired) electrons. The van der Waals surface area contributed by atoms with Crippen molar-refractivity contribution in [1.82, 2.24) is 4.90 Å². The molecule has 2 rings (SSSR count). The van der Waals surface area contributed by atoms with E-state index in [1.165, 1.54) is 11.1 Å². The van der Waals surface area contributed by atoms with Gasteiger partial charge < -0.3 is 4.90 Å². The highest BCUT2D eigenvalue weighted by atomic mass is 15.0. The van der Waals surface area contributed by atoms with Crippen LogP contribution in [0.2, 0.25) is 0 Å². The SMILES string of the molecule is CN(/C=C/c1ccccc1)/C=C/c1ccccc1. The number of hydrogen-bond donors (Lipinski definition) is 0. The Morgan fingerprint density at radius 2 is 1.06 bits per heavy atom. The summed E-state index contributed by atoms with van der Waals surface area (Å²) in [6, 6.07) is 20.6. The summed E-state index contributed by atoms with van der Waals surface area (Å²) < 4.78 is 0. The Labute approximate surface area is 109 Å². The summed E-state index contributed by atoms with van der Waals surface area (Å²) >= 11 is 0. The molecule has 0 amide bonds. The molecular weight excluding hydrogens is 218 g/mol. The average molecular weight is 235 g/mol. The first kappa shape index (κ1) is 12.2. The molecule has 0 heterocycles. The maximum absolute atomic E-state index is 2.09. The molecule has 0 aliphatic heterocycles. The molecule has 0 bridgehead atoms. The third-order valence-corrected chi connectivity index (χ3v) is 2.60. The van der Waals surface area contributed by atoms with E-state index in [0.29, 0.717) is 0 Å². The fourth-order valence-electron chi connectivity index (χ4n) is 1.59. The van der Waals surface area contributed by atoms with Crippen molar-refractivity contribution in [3.05, 3.63) is 84.2 Å². The van der Waals surface area contributed by atoms with E-state index in [9.17, 15) is 0 Å². The molecule has 0 saturated carbocycles. The molecule has 1 heteroatoms. The Balaban J connectivity index is 1.95. The number of hydrogen-bond acceptors (Lipinski definition) is 1. The van der Waals surface area contributed by atoms with Crippen molar-refractivity contribution in [3.8, 4) is 0 Å². The van der Waals surface area contributed by atoms with Gasteiger partial charge >= 0.3 is 0 Å².